The highest BCUT2D eigenvalue weighted by Gasteiger charge is 2.25. The van der Waals surface area contributed by atoms with Crippen LogP contribution in [-0.2, 0) is 4.74 Å². The van der Waals surface area contributed by atoms with E-state index in [0.29, 0.717) is 24.4 Å². The number of nitrogens with zero attached hydrogens (tertiary/aromatic N) is 1. The summed E-state index contributed by atoms with van der Waals surface area (Å²) in [6.45, 7) is 4.11. The highest BCUT2D eigenvalue weighted by Crippen LogP contribution is 2.23. The number of nitrogens with two attached hydrogens (primary N) is 1. The van der Waals surface area contributed by atoms with Crippen LogP contribution in [0, 0.1) is 0 Å². The number of rotatable bonds is 3. The van der Waals surface area contributed by atoms with Gasteiger partial charge in [-0.25, -0.2) is 0 Å². The number of ether oxygens (including phenoxy) is 1. The summed E-state index contributed by atoms with van der Waals surface area (Å²) in [6.07, 6.45) is 2.16. The Kier molecular flexibility index (Phi) is 4.82. The van der Waals surface area contributed by atoms with E-state index in [9.17, 15) is 4.79 Å². The van der Waals surface area contributed by atoms with Crippen LogP contribution in [0.3, 0.4) is 0 Å². The summed E-state index contributed by atoms with van der Waals surface area (Å²) < 4.78 is 6.41. The Morgan fingerprint density at radius 3 is 3.11 bits per heavy atom. The van der Waals surface area contributed by atoms with Crippen molar-refractivity contribution in [3.05, 3.63) is 28.2 Å². The van der Waals surface area contributed by atoms with Gasteiger partial charge in [-0.3, -0.25) is 4.79 Å². The molecule has 4 nitrogen and oxygen atoms in total. The van der Waals surface area contributed by atoms with Crippen molar-refractivity contribution in [1.29, 1.82) is 0 Å². The maximum atomic E-state index is 12.5. The van der Waals surface area contributed by atoms with Crippen LogP contribution in [0.15, 0.2) is 22.7 Å². The largest absolute Gasteiger partial charge is 0.399 e. The van der Waals surface area contributed by atoms with Crippen LogP contribution in [0.4, 0.5) is 5.69 Å². The second-order valence-electron chi connectivity index (χ2n) is 4.71. The standard InChI is InChI=1S/C14H19BrN2O2/c1-2-19-11-4-3-7-17(9-11)14(18)12-8-10(16)5-6-13(12)15/h5-6,8,11H,2-4,7,9,16H2,1H3. The fourth-order valence-corrected chi connectivity index (χ4v) is 2.79. The van der Waals surface area contributed by atoms with Gasteiger partial charge in [-0.2, -0.15) is 0 Å². The molecule has 19 heavy (non-hydrogen) atoms. The van der Waals surface area contributed by atoms with Crippen LogP contribution in [0.5, 0.6) is 0 Å². The summed E-state index contributed by atoms with van der Waals surface area (Å²) >= 11 is 3.41. The van der Waals surface area contributed by atoms with Crippen LogP contribution in [0.2, 0.25) is 0 Å². The zero-order valence-electron chi connectivity index (χ0n) is 11.1. The maximum absolute atomic E-state index is 12.5. The van der Waals surface area contributed by atoms with E-state index in [0.717, 1.165) is 23.9 Å². The summed E-state index contributed by atoms with van der Waals surface area (Å²) in [7, 11) is 0. The molecule has 0 spiro atoms. The highest BCUT2D eigenvalue weighted by atomic mass is 79.9. The molecular formula is C14H19BrN2O2. The zero-order chi connectivity index (χ0) is 13.8. The molecule has 2 N–H and O–H groups in total. The summed E-state index contributed by atoms with van der Waals surface area (Å²) in [6, 6.07) is 5.31. The van der Waals surface area contributed by atoms with Gasteiger partial charge in [0.25, 0.3) is 5.91 Å². The van der Waals surface area contributed by atoms with Crippen molar-refractivity contribution in [2.75, 3.05) is 25.4 Å². The minimum absolute atomic E-state index is 0.0172. The lowest BCUT2D eigenvalue weighted by atomic mass is 10.1. The number of halogens is 1. The van der Waals surface area contributed by atoms with E-state index in [1.807, 2.05) is 17.9 Å². The van der Waals surface area contributed by atoms with Crippen molar-refractivity contribution in [3.63, 3.8) is 0 Å². The first-order chi connectivity index (χ1) is 9.11. The fraction of sp³-hybridized carbons (Fsp3) is 0.500. The molecule has 5 heteroatoms. The molecule has 2 rings (SSSR count). The monoisotopic (exact) mass is 326 g/mol. The lowest BCUT2D eigenvalue weighted by Gasteiger charge is -2.32. The van der Waals surface area contributed by atoms with Crippen LogP contribution in [0.25, 0.3) is 0 Å². The van der Waals surface area contributed by atoms with Crippen molar-refractivity contribution in [2.45, 2.75) is 25.9 Å². The highest BCUT2D eigenvalue weighted by molar-refractivity contribution is 9.10. The molecule has 1 aliphatic heterocycles. The third kappa shape index (κ3) is 3.48. The quantitative estimate of drug-likeness (QED) is 0.869. The van der Waals surface area contributed by atoms with Gasteiger partial charge < -0.3 is 15.4 Å². The number of likely N-dealkylation sites (tertiary alicyclic amines) is 1. The molecule has 1 unspecified atom stereocenters. The summed E-state index contributed by atoms with van der Waals surface area (Å²) in [5.74, 6) is 0.0172. The van der Waals surface area contributed by atoms with Crippen LogP contribution in [-0.4, -0.2) is 36.6 Å². The number of piperidine rings is 1. The second kappa shape index (κ2) is 6.39. The van der Waals surface area contributed by atoms with Gasteiger partial charge in [0.1, 0.15) is 0 Å². The Morgan fingerprint density at radius 2 is 2.37 bits per heavy atom. The van der Waals surface area contributed by atoms with E-state index in [4.69, 9.17) is 10.5 Å². The van der Waals surface area contributed by atoms with Crippen LogP contribution in [0.1, 0.15) is 30.1 Å². The number of hydrogen-bond acceptors (Lipinski definition) is 3. The van der Waals surface area contributed by atoms with Crippen molar-refractivity contribution in [2.24, 2.45) is 0 Å². The summed E-state index contributed by atoms with van der Waals surface area (Å²) in [5, 5.41) is 0. The molecule has 1 saturated heterocycles. The first-order valence-corrected chi connectivity index (χ1v) is 7.37. The lowest BCUT2D eigenvalue weighted by Crippen LogP contribution is -2.43. The SMILES string of the molecule is CCOC1CCCN(C(=O)c2cc(N)ccc2Br)C1. The van der Waals surface area contributed by atoms with Gasteiger partial charge >= 0.3 is 0 Å². The normalized spacial score (nSPS) is 19.5. The maximum Gasteiger partial charge on any atom is 0.255 e. The third-order valence-corrected chi connectivity index (χ3v) is 3.98. The second-order valence-corrected chi connectivity index (χ2v) is 5.56. The van der Waals surface area contributed by atoms with Gasteiger partial charge in [-0.1, -0.05) is 0 Å². The van der Waals surface area contributed by atoms with E-state index in [1.54, 1.807) is 12.1 Å². The molecule has 104 valence electrons. The number of benzene rings is 1. The lowest BCUT2D eigenvalue weighted by molar-refractivity contribution is 0.00721. The molecule has 0 aliphatic carbocycles. The Morgan fingerprint density at radius 1 is 1.58 bits per heavy atom. The molecular weight excluding hydrogens is 308 g/mol. The number of nitrogen functional groups attached to an aromatic ring is 1. The molecule has 1 aromatic rings. The molecule has 0 aromatic heterocycles. The summed E-state index contributed by atoms with van der Waals surface area (Å²) in [5.41, 5.74) is 6.98. The van der Waals surface area contributed by atoms with Gasteiger partial charge in [-0.05, 0) is 53.9 Å². The Balaban J connectivity index is 2.12. The van der Waals surface area contributed by atoms with Gasteiger partial charge in [0.2, 0.25) is 0 Å². The first kappa shape index (κ1) is 14.3. The summed E-state index contributed by atoms with van der Waals surface area (Å²) in [4.78, 5) is 14.4. The molecule has 1 aliphatic rings. The minimum Gasteiger partial charge on any atom is -0.399 e. The Hall–Kier alpha value is -1.07. The van der Waals surface area contributed by atoms with E-state index in [1.165, 1.54) is 0 Å². The average Bonchev–Trinajstić information content (AvgIpc) is 2.41. The van der Waals surface area contributed by atoms with E-state index in [2.05, 4.69) is 15.9 Å². The van der Waals surface area contributed by atoms with Gasteiger partial charge in [0.15, 0.2) is 0 Å². The van der Waals surface area contributed by atoms with E-state index >= 15 is 0 Å². The first-order valence-electron chi connectivity index (χ1n) is 6.57. The number of carbonyl (C=O) groups is 1. The number of hydrogen-bond donors (Lipinski definition) is 1. The van der Waals surface area contributed by atoms with Crippen molar-refractivity contribution in [1.82, 2.24) is 4.90 Å². The van der Waals surface area contributed by atoms with Gasteiger partial charge in [-0.15, -0.1) is 0 Å². The number of anilines is 1. The number of amides is 1. The zero-order valence-corrected chi connectivity index (χ0v) is 12.6. The molecule has 0 saturated carbocycles. The minimum atomic E-state index is 0.0172. The molecule has 1 amide bonds. The number of carbonyl (C=O) groups excluding carboxylic acids is 1. The average molecular weight is 327 g/mol. The van der Waals surface area contributed by atoms with Crippen LogP contribution >= 0.6 is 15.9 Å². The fourth-order valence-electron chi connectivity index (χ4n) is 2.37. The topological polar surface area (TPSA) is 55.6 Å². The molecule has 1 atom stereocenters. The molecule has 1 heterocycles. The van der Waals surface area contributed by atoms with Crippen molar-refractivity contribution < 1.29 is 9.53 Å². The van der Waals surface area contributed by atoms with Crippen molar-refractivity contribution >= 4 is 27.5 Å². The third-order valence-electron chi connectivity index (χ3n) is 3.29. The van der Waals surface area contributed by atoms with Crippen molar-refractivity contribution in [3.8, 4) is 0 Å². The molecule has 0 bridgehead atoms. The Bertz CT molecular complexity index is 463. The smallest absolute Gasteiger partial charge is 0.255 e. The Labute approximate surface area is 122 Å². The van der Waals surface area contributed by atoms with E-state index < -0.39 is 0 Å². The molecule has 1 fully saturated rings. The van der Waals surface area contributed by atoms with Crippen LogP contribution < -0.4 is 5.73 Å². The van der Waals surface area contributed by atoms with E-state index in [-0.39, 0.29) is 12.0 Å². The predicted molar refractivity (Wildman–Crippen MR) is 79.1 cm³/mol. The van der Waals surface area contributed by atoms with Gasteiger partial charge in [0.05, 0.1) is 11.7 Å². The molecule has 0 radical (unpaired) electrons. The molecule has 1 aromatic carbocycles. The predicted octanol–water partition coefficient (Wildman–Crippen LogP) is 2.67. The van der Waals surface area contributed by atoms with Gasteiger partial charge in [0, 0.05) is 29.9 Å².